The van der Waals surface area contributed by atoms with Crippen LogP contribution >= 0.6 is 0 Å². The summed E-state index contributed by atoms with van der Waals surface area (Å²) in [5.74, 6) is -0.500. The van der Waals surface area contributed by atoms with Crippen LogP contribution in [0.3, 0.4) is 0 Å². The van der Waals surface area contributed by atoms with Crippen LogP contribution in [0.2, 0.25) is 0 Å². The van der Waals surface area contributed by atoms with E-state index in [1.807, 2.05) is 6.08 Å². The van der Waals surface area contributed by atoms with Crippen LogP contribution in [-0.4, -0.2) is 37.9 Å². The van der Waals surface area contributed by atoms with Crippen LogP contribution in [0.5, 0.6) is 0 Å². The quantitative estimate of drug-likeness (QED) is 0.0348. The second kappa shape index (κ2) is 50.2. The highest BCUT2D eigenvalue weighted by Gasteiger charge is 2.17. The highest BCUT2D eigenvalue weighted by Crippen LogP contribution is 2.14. The standard InChI is InChI=1S/C55H92O5/c1-4-7-10-13-16-19-22-24-25-26-27-28-29-30-32-35-38-41-44-47-50-58-51-53(60-55(57)49-46-43-40-37-33-21-18-15-12-9-6-3)52-59-54(56)48-45-42-39-36-34-31-23-20-17-14-11-8-5-2/h7-8,10-11,16-17,19-20,24-25,27-28,31,34,39,42,53H,4-6,9,12-15,18,21-23,26,29-30,32-33,35-38,40-41,43-52H2,1-3H3/b10-7-,11-8-,19-16-,20-17-,25-24-,28-27-,34-31-,42-39-. The van der Waals surface area contributed by atoms with Gasteiger partial charge in [-0.25, -0.2) is 0 Å². The van der Waals surface area contributed by atoms with E-state index in [0.717, 1.165) is 89.9 Å². The van der Waals surface area contributed by atoms with Crippen LogP contribution in [-0.2, 0) is 23.8 Å². The van der Waals surface area contributed by atoms with Gasteiger partial charge in [-0.1, -0.05) is 214 Å². The smallest absolute Gasteiger partial charge is 0.306 e. The van der Waals surface area contributed by atoms with E-state index in [1.54, 1.807) is 0 Å². The molecule has 0 aromatic carbocycles. The fraction of sp³-hybridized carbons (Fsp3) is 0.673. The Morgan fingerprint density at radius 3 is 1.27 bits per heavy atom. The molecule has 342 valence electrons. The highest BCUT2D eigenvalue weighted by atomic mass is 16.6. The minimum atomic E-state index is -0.572. The maximum absolute atomic E-state index is 12.7. The molecule has 1 unspecified atom stereocenters. The van der Waals surface area contributed by atoms with Gasteiger partial charge in [-0.3, -0.25) is 9.59 Å². The zero-order valence-corrected chi connectivity index (χ0v) is 39.2. The Hall–Kier alpha value is -3.18. The number of ether oxygens (including phenoxy) is 3. The van der Waals surface area contributed by atoms with Gasteiger partial charge in [-0.2, -0.15) is 0 Å². The lowest BCUT2D eigenvalue weighted by atomic mass is 10.1. The maximum Gasteiger partial charge on any atom is 0.306 e. The number of hydrogen-bond acceptors (Lipinski definition) is 5. The number of hydrogen-bond donors (Lipinski definition) is 0. The molecule has 0 amide bonds. The van der Waals surface area contributed by atoms with Crippen molar-refractivity contribution in [3.8, 4) is 0 Å². The summed E-state index contributed by atoms with van der Waals surface area (Å²) in [6.45, 7) is 7.49. The van der Waals surface area contributed by atoms with Gasteiger partial charge in [-0.05, 0) is 83.5 Å². The van der Waals surface area contributed by atoms with Crippen molar-refractivity contribution in [2.45, 2.75) is 219 Å². The second-order valence-electron chi connectivity index (χ2n) is 16.0. The van der Waals surface area contributed by atoms with Gasteiger partial charge < -0.3 is 14.2 Å². The number of carbonyl (C=O) groups excluding carboxylic acids is 2. The molecule has 0 N–H and O–H groups in total. The molecule has 5 heteroatoms. The van der Waals surface area contributed by atoms with Gasteiger partial charge in [0.2, 0.25) is 0 Å². The van der Waals surface area contributed by atoms with Crippen LogP contribution in [0.1, 0.15) is 213 Å². The Morgan fingerprint density at radius 2 is 0.783 bits per heavy atom. The Labute approximate surface area is 371 Å². The molecule has 0 rings (SSSR count). The van der Waals surface area contributed by atoms with Gasteiger partial charge in [0.05, 0.1) is 6.61 Å². The number of esters is 2. The van der Waals surface area contributed by atoms with E-state index in [2.05, 4.69) is 112 Å². The van der Waals surface area contributed by atoms with Crippen LogP contribution in [0, 0.1) is 0 Å². The summed E-state index contributed by atoms with van der Waals surface area (Å²) >= 11 is 0. The second-order valence-corrected chi connectivity index (χ2v) is 16.0. The molecule has 60 heavy (non-hydrogen) atoms. The lowest BCUT2D eigenvalue weighted by Gasteiger charge is -2.18. The van der Waals surface area contributed by atoms with E-state index in [4.69, 9.17) is 14.2 Å². The van der Waals surface area contributed by atoms with E-state index in [-0.39, 0.29) is 25.2 Å². The molecular formula is C55H92O5. The van der Waals surface area contributed by atoms with Crippen molar-refractivity contribution in [2.24, 2.45) is 0 Å². The molecular weight excluding hydrogens is 741 g/mol. The summed E-state index contributed by atoms with van der Waals surface area (Å²) in [6, 6.07) is 0. The first-order valence-corrected chi connectivity index (χ1v) is 24.8. The Kier molecular flexibility index (Phi) is 47.5. The van der Waals surface area contributed by atoms with Crippen molar-refractivity contribution in [3.05, 3.63) is 97.2 Å². The first kappa shape index (κ1) is 56.8. The Bertz CT molecular complexity index is 1170. The molecule has 0 aromatic heterocycles. The van der Waals surface area contributed by atoms with Crippen LogP contribution in [0.4, 0.5) is 0 Å². The summed E-state index contributed by atoms with van der Waals surface area (Å²) in [6.07, 6.45) is 67.1. The molecule has 0 aliphatic carbocycles. The highest BCUT2D eigenvalue weighted by molar-refractivity contribution is 5.70. The summed E-state index contributed by atoms with van der Waals surface area (Å²) in [5.41, 5.74) is 0. The molecule has 0 heterocycles. The van der Waals surface area contributed by atoms with Gasteiger partial charge in [-0.15, -0.1) is 0 Å². The van der Waals surface area contributed by atoms with Gasteiger partial charge in [0.1, 0.15) is 6.61 Å². The minimum Gasteiger partial charge on any atom is -0.462 e. The summed E-state index contributed by atoms with van der Waals surface area (Å²) in [4.78, 5) is 25.3. The fourth-order valence-electron chi connectivity index (χ4n) is 6.51. The molecule has 0 fully saturated rings. The minimum absolute atomic E-state index is 0.0396. The summed E-state index contributed by atoms with van der Waals surface area (Å²) in [7, 11) is 0. The molecule has 0 aliphatic rings. The van der Waals surface area contributed by atoms with Crippen LogP contribution in [0.25, 0.3) is 0 Å². The van der Waals surface area contributed by atoms with E-state index in [9.17, 15) is 9.59 Å². The largest absolute Gasteiger partial charge is 0.462 e. The predicted octanol–water partition coefficient (Wildman–Crippen LogP) is 16.7. The molecule has 1 atom stereocenters. The van der Waals surface area contributed by atoms with Gasteiger partial charge >= 0.3 is 11.9 Å². The first-order valence-electron chi connectivity index (χ1n) is 24.8. The fourth-order valence-corrected chi connectivity index (χ4v) is 6.51. The zero-order valence-electron chi connectivity index (χ0n) is 39.2. The molecule has 0 saturated carbocycles. The Morgan fingerprint density at radius 1 is 0.383 bits per heavy atom. The molecule has 0 bridgehead atoms. The average Bonchev–Trinajstić information content (AvgIpc) is 3.25. The van der Waals surface area contributed by atoms with Crippen molar-refractivity contribution in [1.29, 1.82) is 0 Å². The average molecular weight is 833 g/mol. The van der Waals surface area contributed by atoms with Crippen molar-refractivity contribution >= 4 is 11.9 Å². The lowest BCUT2D eigenvalue weighted by Crippen LogP contribution is -2.30. The SMILES string of the molecule is CC/C=C\C/C=C\C/C=C\C/C=C\CCCCCCCCCOCC(COC(=O)CC/C=C\C/C=C\C/C=C\C/C=C\CC)OC(=O)CCCCCCCCCCCCC. The van der Waals surface area contributed by atoms with Gasteiger partial charge in [0, 0.05) is 19.4 Å². The summed E-state index contributed by atoms with van der Waals surface area (Å²) in [5, 5.41) is 0. The van der Waals surface area contributed by atoms with E-state index < -0.39 is 6.10 Å². The van der Waals surface area contributed by atoms with Gasteiger partial charge in [0.15, 0.2) is 6.10 Å². The summed E-state index contributed by atoms with van der Waals surface area (Å²) < 4.78 is 17.3. The Balaban J connectivity index is 4.33. The molecule has 0 aliphatic heterocycles. The lowest BCUT2D eigenvalue weighted by molar-refractivity contribution is -0.162. The van der Waals surface area contributed by atoms with E-state index in [0.29, 0.717) is 25.9 Å². The number of allylic oxidation sites excluding steroid dienone is 16. The third kappa shape index (κ3) is 47.5. The van der Waals surface area contributed by atoms with E-state index >= 15 is 0 Å². The van der Waals surface area contributed by atoms with Crippen molar-refractivity contribution in [1.82, 2.24) is 0 Å². The number of unbranched alkanes of at least 4 members (excludes halogenated alkanes) is 17. The van der Waals surface area contributed by atoms with Crippen molar-refractivity contribution < 1.29 is 23.8 Å². The first-order chi connectivity index (χ1) is 29.6. The number of rotatable bonds is 44. The third-order valence-corrected chi connectivity index (χ3v) is 10.1. The normalized spacial score (nSPS) is 13.1. The molecule has 0 radical (unpaired) electrons. The number of carbonyl (C=O) groups is 2. The van der Waals surface area contributed by atoms with Gasteiger partial charge in [0.25, 0.3) is 0 Å². The van der Waals surface area contributed by atoms with Crippen molar-refractivity contribution in [3.63, 3.8) is 0 Å². The van der Waals surface area contributed by atoms with Crippen molar-refractivity contribution in [2.75, 3.05) is 19.8 Å². The molecule has 0 spiro atoms. The molecule has 5 nitrogen and oxygen atoms in total. The predicted molar refractivity (Wildman–Crippen MR) is 260 cm³/mol. The monoisotopic (exact) mass is 833 g/mol. The van der Waals surface area contributed by atoms with E-state index in [1.165, 1.54) is 83.5 Å². The topological polar surface area (TPSA) is 61.8 Å². The van der Waals surface area contributed by atoms with Crippen LogP contribution in [0.15, 0.2) is 97.2 Å². The maximum atomic E-state index is 12.7. The third-order valence-electron chi connectivity index (χ3n) is 10.1. The molecule has 0 saturated heterocycles. The zero-order chi connectivity index (χ0) is 43.5. The molecule has 0 aromatic rings. The van der Waals surface area contributed by atoms with Crippen LogP contribution < -0.4 is 0 Å².